The predicted octanol–water partition coefficient (Wildman–Crippen LogP) is 3.07. The van der Waals surface area contributed by atoms with E-state index in [1.54, 1.807) is 24.3 Å². The van der Waals surface area contributed by atoms with Crippen molar-refractivity contribution in [1.29, 1.82) is 0 Å². The van der Waals surface area contributed by atoms with Crippen LogP contribution < -0.4 is 0 Å². The van der Waals surface area contributed by atoms with Crippen molar-refractivity contribution in [1.82, 2.24) is 9.80 Å². The molecule has 6 heteroatoms. The summed E-state index contributed by atoms with van der Waals surface area (Å²) in [7, 11) is 1.86. The molecule has 0 unspecified atom stereocenters. The van der Waals surface area contributed by atoms with Crippen LogP contribution in [0.25, 0.3) is 11.3 Å². The molecule has 0 radical (unpaired) electrons. The lowest BCUT2D eigenvalue weighted by Gasteiger charge is -2.35. The van der Waals surface area contributed by atoms with Crippen molar-refractivity contribution in [3.8, 4) is 11.3 Å². The number of furan rings is 1. The maximum atomic E-state index is 13.8. The third kappa shape index (κ3) is 4.46. The second-order valence-corrected chi connectivity index (χ2v) is 6.56. The van der Waals surface area contributed by atoms with E-state index in [9.17, 15) is 9.18 Å². The number of carboxylic acid groups (broad SMARTS) is 1. The van der Waals surface area contributed by atoms with Crippen LogP contribution in [0.3, 0.4) is 0 Å². The number of piperidine rings is 1. The molecule has 3 rings (SSSR count). The molecular formula is C19H23FN2O3. The number of hydrogen-bond donors (Lipinski definition) is 1. The molecule has 1 aliphatic heterocycles. The highest BCUT2D eigenvalue weighted by Gasteiger charge is 2.24. The van der Waals surface area contributed by atoms with Crippen molar-refractivity contribution in [2.45, 2.75) is 25.4 Å². The highest BCUT2D eigenvalue weighted by atomic mass is 19.1. The number of benzene rings is 1. The van der Waals surface area contributed by atoms with Gasteiger partial charge in [0.05, 0.1) is 18.7 Å². The van der Waals surface area contributed by atoms with Gasteiger partial charge in [0.2, 0.25) is 0 Å². The molecule has 2 aromatic rings. The van der Waals surface area contributed by atoms with Crippen LogP contribution in [0, 0.1) is 5.82 Å². The highest BCUT2D eigenvalue weighted by molar-refractivity contribution is 5.69. The van der Waals surface area contributed by atoms with Crippen LogP contribution in [0.4, 0.5) is 4.39 Å². The number of aliphatic carboxylic acids is 1. The van der Waals surface area contributed by atoms with Crippen LogP contribution in [-0.4, -0.2) is 53.6 Å². The van der Waals surface area contributed by atoms with Crippen molar-refractivity contribution in [2.24, 2.45) is 0 Å². The smallest absolute Gasteiger partial charge is 0.317 e. The van der Waals surface area contributed by atoms with Gasteiger partial charge in [0, 0.05) is 19.1 Å². The molecule has 134 valence electrons. The zero-order valence-corrected chi connectivity index (χ0v) is 14.3. The molecule has 1 fully saturated rings. The number of rotatable bonds is 6. The SMILES string of the molecule is CN(CC(=O)O)C1CCN(Cc2ccc(-c3ccccc3F)o2)CC1. The van der Waals surface area contributed by atoms with Crippen LogP contribution in [0.5, 0.6) is 0 Å². The summed E-state index contributed by atoms with van der Waals surface area (Å²) in [5.41, 5.74) is 0.475. The fraction of sp³-hybridized carbons (Fsp3) is 0.421. The largest absolute Gasteiger partial charge is 0.480 e. The van der Waals surface area contributed by atoms with E-state index in [4.69, 9.17) is 9.52 Å². The molecule has 25 heavy (non-hydrogen) atoms. The molecule has 0 atom stereocenters. The Morgan fingerprint density at radius 3 is 2.68 bits per heavy atom. The molecule has 0 aliphatic carbocycles. The summed E-state index contributed by atoms with van der Waals surface area (Å²) in [6, 6.07) is 10.6. The van der Waals surface area contributed by atoms with Gasteiger partial charge < -0.3 is 9.52 Å². The molecule has 1 aromatic heterocycles. The number of carbonyl (C=O) groups is 1. The van der Waals surface area contributed by atoms with E-state index in [2.05, 4.69) is 4.90 Å². The third-order valence-electron chi connectivity index (χ3n) is 4.75. The summed E-state index contributed by atoms with van der Waals surface area (Å²) >= 11 is 0. The Morgan fingerprint density at radius 1 is 1.28 bits per heavy atom. The summed E-state index contributed by atoms with van der Waals surface area (Å²) in [4.78, 5) is 15.0. The molecule has 0 saturated carbocycles. The van der Waals surface area contributed by atoms with Crippen molar-refractivity contribution in [2.75, 3.05) is 26.7 Å². The van der Waals surface area contributed by atoms with Crippen molar-refractivity contribution in [3.63, 3.8) is 0 Å². The van der Waals surface area contributed by atoms with E-state index in [1.165, 1.54) is 6.07 Å². The van der Waals surface area contributed by atoms with E-state index in [0.717, 1.165) is 31.7 Å². The molecule has 1 N–H and O–H groups in total. The zero-order valence-electron chi connectivity index (χ0n) is 14.3. The van der Waals surface area contributed by atoms with E-state index >= 15 is 0 Å². The van der Waals surface area contributed by atoms with Gasteiger partial charge in [0.1, 0.15) is 17.3 Å². The van der Waals surface area contributed by atoms with Crippen LogP contribution in [0.2, 0.25) is 0 Å². The summed E-state index contributed by atoms with van der Waals surface area (Å²) in [5, 5.41) is 8.89. The van der Waals surface area contributed by atoms with Gasteiger partial charge in [-0.3, -0.25) is 14.6 Å². The topological polar surface area (TPSA) is 56.9 Å². The van der Waals surface area contributed by atoms with Crippen molar-refractivity contribution < 1.29 is 18.7 Å². The molecule has 0 amide bonds. The maximum Gasteiger partial charge on any atom is 0.317 e. The fourth-order valence-corrected chi connectivity index (χ4v) is 3.35. The van der Waals surface area contributed by atoms with Crippen LogP contribution in [0.15, 0.2) is 40.8 Å². The van der Waals surface area contributed by atoms with Gasteiger partial charge in [-0.2, -0.15) is 0 Å². The van der Waals surface area contributed by atoms with E-state index in [0.29, 0.717) is 23.9 Å². The Kier molecular flexibility index (Phi) is 5.50. The van der Waals surface area contributed by atoms with E-state index in [1.807, 2.05) is 18.0 Å². The first-order valence-electron chi connectivity index (χ1n) is 8.51. The first-order valence-corrected chi connectivity index (χ1v) is 8.51. The number of likely N-dealkylation sites (N-methyl/N-ethyl adjacent to an activating group) is 1. The lowest BCUT2D eigenvalue weighted by atomic mass is 10.0. The first-order chi connectivity index (χ1) is 12.0. The van der Waals surface area contributed by atoms with Gasteiger partial charge in [-0.1, -0.05) is 12.1 Å². The van der Waals surface area contributed by atoms with Crippen LogP contribution >= 0.6 is 0 Å². The van der Waals surface area contributed by atoms with Crippen molar-refractivity contribution >= 4 is 5.97 Å². The van der Waals surface area contributed by atoms with E-state index < -0.39 is 5.97 Å². The standard InChI is InChI=1S/C19H23FN2O3/c1-21(13-19(23)24)14-8-10-22(11-9-14)12-15-6-7-18(25-15)16-4-2-3-5-17(16)20/h2-7,14H,8-13H2,1H3,(H,23,24). The second-order valence-electron chi connectivity index (χ2n) is 6.56. The Bertz CT molecular complexity index is 723. The van der Waals surface area contributed by atoms with E-state index in [-0.39, 0.29) is 12.4 Å². The monoisotopic (exact) mass is 346 g/mol. The van der Waals surface area contributed by atoms with Gasteiger partial charge in [0.25, 0.3) is 0 Å². The summed E-state index contributed by atoms with van der Waals surface area (Å²) in [6.07, 6.45) is 1.87. The average molecular weight is 346 g/mol. The Balaban J connectivity index is 1.55. The molecule has 0 spiro atoms. The Hall–Kier alpha value is -2.18. The lowest BCUT2D eigenvalue weighted by Crippen LogP contribution is -2.44. The number of nitrogens with zero attached hydrogens (tertiary/aromatic N) is 2. The molecule has 5 nitrogen and oxygen atoms in total. The number of likely N-dealkylation sites (tertiary alicyclic amines) is 1. The van der Waals surface area contributed by atoms with Crippen LogP contribution in [-0.2, 0) is 11.3 Å². The maximum absolute atomic E-state index is 13.8. The molecule has 1 aliphatic rings. The minimum absolute atomic E-state index is 0.0782. The lowest BCUT2D eigenvalue weighted by molar-refractivity contribution is -0.138. The summed E-state index contributed by atoms with van der Waals surface area (Å²) < 4.78 is 19.6. The molecule has 0 bridgehead atoms. The third-order valence-corrected chi connectivity index (χ3v) is 4.75. The zero-order chi connectivity index (χ0) is 17.8. The minimum Gasteiger partial charge on any atom is -0.480 e. The van der Waals surface area contributed by atoms with Gasteiger partial charge in [-0.25, -0.2) is 4.39 Å². The second kappa shape index (κ2) is 7.80. The molecular weight excluding hydrogens is 323 g/mol. The van der Waals surface area contributed by atoms with Gasteiger partial charge in [-0.05, 0) is 44.2 Å². The predicted molar refractivity (Wildman–Crippen MR) is 92.7 cm³/mol. The van der Waals surface area contributed by atoms with Crippen molar-refractivity contribution in [3.05, 3.63) is 48.0 Å². The number of hydrogen-bond acceptors (Lipinski definition) is 4. The summed E-state index contributed by atoms with van der Waals surface area (Å²) in [5.74, 6) is 0.284. The molecule has 1 saturated heterocycles. The normalized spacial score (nSPS) is 16.4. The van der Waals surface area contributed by atoms with Gasteiger partial charge in [-0.15, -0.1) is 0 Å². The molecule has 2 heterocycles. The highest BCUT2D eigenvalue weighted by Crippen LogP contribution is 2.26. The Labute approximate surface area is 146 Å². The first kappa shape index (κ1) is 17.6. The average Bonchev–Trinajstić information content (AvgIpc) is 3.03. The molecule has 1 aromatic carbocycles. The summed E-state index contributed by atoms with van der Waals surface area (Å²) in [6.45, 7) is 2.55. The quantitative estimate of drug-likeness (QED) is 0.871. The number of carboxylic acids is 1. The van der Waals surface area contributed by atoms with Gasteiger partial charge in [0.15, 0.2) is 0 Å². The number of halogens is 1. The van der Waals surface area contributed by atoms with Crippen LogP contribution in [0.1, 0.15) is 18.6 Å². The Morgan fingerprint density at radius 2 is 2.00 bits per heavy atom. The van der Waals surface area contributed by atoms with Gasteiger partial charge >= 0.3 is 5.97 Å². The minimum atomic E-state index is -0.791. The fourth-order valence-electron chi connectivity index (χ4n) is 3.35.